The molecule has 2 aliphatic heterocycles. The number of nitrogens with zero attached hydrogens (tertiary/aromatic N) is 4. The number of aromatic nitrogens is 2. The third-order valence-electron chi connectivity index (χ3n) is 8.18. The summed E-state index contributed by atoms with van der Waals surface area (Å²) in [6.07, 6.45) is 14.7. The summed E-state index contributed by atoms with van der Waals surface area (Å²) in [6, 6.07) is 8.26. The van der Waals surface area contributed by atoms with E-state index in [0.29, 0.717) is 37.9 Å². The Labute approximate surface area is 211 Å². The van der Waals surface area contributed by atoms with Crippen molar-refractivity contribution >= 4 is 17.5 Å². The number of H-pyrrole nitrogens is 1. The van der Waals surface area contributed by atoms with Crippen molar-refractivity contribution in [3.63, 3.8) is 0 Å². The fourth-order valence-electron chi connectivity index (χ4n) is 5.78. The second-order valence-electron chi connectivity index (χ2n) is 10.5. The van der Waals surface area contributed by atoms with Gasteiger partial charge < -0.3 is 19.4 Å². The molecule has 1 unspecified atom stereocenters. The standard InChI is InChI=1S/C28H33N5O3/c1-31(24-9-10-24)26(34)22-4-2-3-20(15-22)18-33-27(35)32(19-28(33)11-13-36-14-12-28)25-7-5-21(6-8-25)23-16-29-30-17-23/h2-7,15-17,24-25H,8-14,18-19H2,1H3,(H,29,30). The number of nitrogens with one attached hydrogen (secondary N) is 1. The van der Waals surface area contributed by atoms with Crippen LogP contribution in [0.2, 0.25) is 0 Å². The van der Waals surface area contributed by atoms with E-state index in [4.69, 9.17) is 4.74 Å². The Morgan fingerprint density at radius 3 is 2.81 bits per heavy atom. The number of hydrogen-bond acceptors (Lipinski definition) is 4. The van der Waals surface area contributed by atoms with Gasteiger partial charge in [0.1, 0.15) is 0 Å². The molecule has 3 amide bonds. The fourth-order valence-corrected chi connectivity index (χ4v) is 5.78. The normalized spacial score (nSPS) is 23.3. The first-order chi connectivity index (χ1) is 17.5. The molecule has 36 heavy (non-hydrogen) atoms. The molecule has 0 radical (unpaired) electrons. The minimum Gasteiger partial charge on any atom is -0.381 e. The minimum absolute atomic E-state index is 0.0259. The molecule has 0 bridgehead atoms. The highest BCUT2D eigenvalue weighted by atomic mass is 16.5. The summed E-state index contributed by atoms with van der Waals surface area (Å²) in [7, 11) is 1.88. The van der Waals surface area contributed by atoms with Crippen LogP contribution >= 0.6 is 0 Å². The number of amides is 3. The van der Waals surface area contributed by atoms with Gasteiger partial charge in [0.2, 0.25) is 0 Å². The average Bonchev–Trinajstić information content (AvgIpc) is 3.56. The molecule has 1 saturated carbocycles. The highest BCUT2D eigenvalue weighted by molar-refractivity contribution is 5.94. The molecule has 1 atom stereocenters. The van der Waals surface area contributed by atoms with Crippen molar-refractivity contribution in [2.75, 3.05) is 26.8 Å². The SMILES string of the molecule is CN(C(=O)c1cccc(CN2C(=O)N(C3C=CC(c4cn[nH]c4)=CC3)CC23CCOCC3)c1)C1CC1. The van der Waals surface area contributed by atoms with Gasteiger partial charge in [0.05, 0.1) is 17.8 Å². The molecule has 1 N–H and O–H groups in total. The maximum absolute atomic E-state index is 13.9. The van der Waals surface area contributed by atoms with Crippen LogP contribution in [-0.2, 0) is 11.3 Å². The Morgan fingerprint density at radius 1 is 1.28 bits per heavy atom. The highest BCUT2D eigenvalue weighted by Gasteiger charge is 2.51. The second kappa shape index (κ2) is 9.24. The van der Waals surface area contributed by atoms with Gasteiger partial charge in [0, 0.05) is 56.7 Å². The van der Waals surface area contributed by atoms with Crippen LogP contribution in [0.15, 0.2) is 54.9 Å². The Morgan fingerprint density at radius 2 is 2.11 bits per heavy atom. The van der Waals surface area contributed by atoms with Crippen LogP contribution in [0.3, 0.4) is 0 Å². The Hall–Kier alpha value is -3.39. The molecule has 1 aromatic carbocycles. The van der Waals surface area contributed by atoms with Gasteiger partial charge in [-0.05, 0) is 55.4 Å². The summed E-state index contributed by atoms with van der Waals surface area (Å²) in [5.74, 6) is 0.0575. The van der Waals surface area contributed by atoms with E-state index in [-0.39, 0.29) is 23.5 Å². The summed E-state index contributed by atoms with van der Waals surface area (Å²) >= 11 is 0. The van der Waals surface area contributed by atoms with Crippen molar-refractivity contribution in [2.45, 2.75) is 56.3 Å². The number of carbonyl (C=O) groups is 2. The summed E-state index contributed by atoms with van der Waals surface area (Å²) < 4.78 is 5.69. The van der Waals surface area contributed by atoms with Gasteiger partial charge in [0.15, 0.2) is 0 Å². The Kier molecular flexibility index (Phi) is 5.91. The van der Waals surface area contributed by atoms with Crippen LogP contribution in [0, 0.1) is 0 Å². The van der Waals surface area contributed by atoms with Crippen LogP contribution in [0.4, 0.5) is 4.79 Å². The number of carbonyl (C=O) groups excluding carboxylic acids is 2. The van der Waals surface area contributed by atoms with Crippen LogP contribution in [0.5, 0.6) is 0 Å². The van der Waals surface area contributed by atoms with Crippen molar-refractivity contribution in [1.29, 1.82) is 0 Å². The van der Waals surface area contributed by atoms with Crippen LogP contribution < -0.4 is 0 Å². The largest absolute Gasteiger partial charge is 0.381 e. The third kappa shape index (κ3) is 4.23. The number of aromatic amines is 1. The maximum Gasteiger partial charge on any atom is 0.321 e. The van der Waals surface area contributed by atoms with Crippen molar-refractivity contribution in [1.82, 2.24) is 24.9 Å². The monoisotopic (exact) mass is 487 g/mol. The molecule has 1 aromatic heterocycles. The van der Waals surface area contributed by atoms with Gasteiger partial charge in [0.25, 0.3) is 5.91 Å². The zero-order chi connectivity index (χ0) is 24.7. The van der Waals surface area contributed by atoms with E-state index >= 15 is 0 Å². The average molecular weight is 488 g/mol. The summed E-state index contributed by atoms with van der Waals surface area (Å²) in [6.45, 7) is 2.51. The van der Waals surface area contributed by atoms with E-state index in [1.807, 2.05) is 58.4 Å². The molecule has 2 aliphatic carbocycles. The summed E-state index contributed by atoms with van der Waals surface area (Å²) in [4.78, 5) is 32.8. The minimum atomic E-state index is -0.247. The molecule has 188 valence electrons. The second-order valence-corrected chi connectivity index (χ2v) is 10.5. The lowest BCUT2D eigenvalue weighted by molar-refractivity contribution is 0.00392. The third-order valence-corrected chi connectivity index (χ3v) is 8.18. The maximum atomic E-state index is 13.9. The van der Waals surface area contributed by atoms with Gasteiger partial charge in [-0.25, -0.2) is 4.79 Å². The molecular weight excluding hydrogens is 454 g/mol. The lowest BCUT2D eigenvalue weighted by Crippen LogP contribution is -2.50. The predicted molar refractivity (Wildman–Crippen MR) is 136 cm³/mol. The van der Waals surface area contributed by atoms with Crippen LogP contribution in [-0.4, -0.2) is 81.3 Å². The van der Waals surface area contributed by atoms with E-state index in [9.17, 15) is 9.59 Å². The molecule has 2 saturated heterocycles. The van der Waals surface area contributed by atoms with Crippen LogP contribution in [0.25, 0.3) is 5.57 Å². The molecule has 6 rings (SSSR count). The van der Waals surface area contributed by atoms with Gasteiger partial charge in [-0.3, -0.25) is 9.89 Å². The lowest BCUT2D eigenvalue weighted by Gasteiger charge is -2.40. The Balaban J connectivity index is 1.22. The Bertz CT molecular complexity index is 1190. The van der Waals surface area contributed by atoms with Gasteiger partial charge in [-0.1, -0.05) is 30.4 Å². The van der Waals surface area contributed by atoms with Crippen LogP contribution in [0.1, 0.15) is 53.6 Å². The molecule has 8 nitrogen and oxygen atoms in total. The van der Waals surface area contributed by atoms with Gasteiger partial charge in [-0.15, -0.1) is 0 Å². The molecule has 1 spiro atoms. The number of urea groups is 1. The van der Waals surface area contributed by atoms with Crippen molar-refractivity contribution in [2.24, 2.45) is 0 Å². The van der Waals surface area contributed by atoms with E-state index < -0.39 is 0 Å². The quantitative estimate of drug-likeness (QED) is 0.671. The first-order valence-corrected chi connectivity index (χ1v) is 12.9. The van der Waals surface area contributed by atoms with E-state index in [1.54, 1.807) is 0 Å². The molecule has 2 aromatic rings. The summed E-state index contributed by atoms with van der Waals surface area (Å²) in [5, 5.41) is 6.91. The smallest absolute Gasteiger partial charge is 0.321 e. The van der Waals surface area contributed by atoms with E-state index in [2.05, 4.69) is 28.4 Å². The number of rotatable bonds is 6. The number of ether oxygens (including phenoxy) is 1. The zero-order valence-electron chi connectivity index (χ0n) is 20.7. The van der Waals surface area contributed by atoms with Crippen molar-refractivity contribution < 1.29 is 14.3 Å². The predicted octanol–water partition coefficient (Wildman–Crippen LogP) is 3.84. The number of benzene rings is 1. The first kappa shape index (κ1) is 23.0. The molecule has 4 aliphatic rings. The number of allylic oxidation sites excluding steroid dienone is 2. The molecule has 3 fully saturated rings. The fraction of sp³-hybridized carbons (Fsp3) is 0.464. The van der Waals surface area contributed by atoms with Crippen molar-refractivity contribution in [3.05, 3.63) is 71.6 Å². The molecule has 8 heteroatoms. The van der Waals surface area contributed by atoms with E-state index in [0.717, 1.165) is 48.8 Å². The van der Waals surface area contributed by atoms with E-state index in [1.165, 1.54) is 0 Å². The number of hydrogen-bond donors (Lipinski definition) is 1. The van der Waals surface area contributed by atoms with Crippen molar-refractivity contribution in [3.8, 4) is 0 Å². The lowest BCUT2D eigenvalue weighted by atomic mass is 9.88. The molecular formula is C28H33N5O3. The van der Waals surface area contributed by atoms with Gasteiger partial charge >= 0.3 is 6.03 Å². The summed E-state index contributed by atoms with van der Waals surface area (Å²) in [5.41, 5.74) is 3.62. The van der Waals surface area contributed by atoms with Gasteiger partial charge in [-0.2, -0.15) is 5.10 Å². The topological polar surface area (TPSA) is 81.8 Å². The highest BCUT2D eigenvalue weighted by Crippen LogP contribution is 2.39. The zero-order valence-corrected chi connectivity index (χ0v) is 20.7. The molecule has 3 heterocycles. The first-order valence-electron chi connectivity index (χ1n) is 12.9.